The van der Waals surface area contributed by atoms with Gasteiger partial charge in [-0.25, -0.2) is 0 Å². The third kappa shape index (κ3) is 3.72. The number of ether oxygens (including phenoxy) is 1. The second-order valence-corrected chi connectivity index (χ2v) is 4.81. The summed E-state index contributed by atoms with van der Waals surface area (Å²) in [6, 6.07) is 15.9. The summed E-state index contributed by atoms with van der Waals surface area (Å²) in [6.45, 7) is 2.16. The molecule has 0 saturated carbocycles. The largest absolute Gasteiger partial charge is 0.457 e. The molecule has 0 saturated heterocycles. The molecule has 1 N–H and O–H groups in total. The van der Waals surface area contributed by atoms with Gasteiger partial charge in [0.05, 0.1) is 0 Å². The summed E-state index contributed by atoms with van der Waals surface area (Å²) in [5, 5.41) is 4.00. The summed E-state index contributed by atoms with van der Waals surface area (Å²) in [5.41, 5.74) is 1.23. The highest BCUT2D eigenvalue weighted by molar-refractivity contribution is 6.30. The minimum Gasteiger partial charge on any atom is -0.457 e. The predicted octanol–water partition coefficient (Wildman–Crippen LogP) is 4.80. The van der Waals surface area contributed by atoms with Gasteiger partial charge < -0.3 is 10.1 Å². The molecule has 1 atom stereocenters. The van der Waals surface area contributed by atoms with Crippen molar-refractivity contribution in [2.75, 3.05) is 7.05 Å². The molecule has 3 heteroatoms. The number of rotatable bonds is 5. The Morgan fingerprint density at radius 1 is 1.11 bits per heavy atom. The summed E-state index contributed by atoms with van der Waals surface area (Å²) >= 11 is 5.86. The number of nitrogens with one attached hydrogen (secondary N) is 1. The van der Waals surface area contributed by atoms with E-state index in [1.807, 2.05) is 43.4 Å². The number of hydrogen-bond donors (Lipinski definition) is 1. The van der Waals surface area contributed by atoms with Crippen LogP contribution in [0.4, 0.5) is 0 Å². The Balaban J connectivity index is 2.17. The maximum absolute atomic E-state index is 5.86. The molecule has 2 nitrogen and oxygen atoms in total. The fourth-order valence-corrected chi connectivity index (χ4v) is 2.17. The van der Waals surface area contributed by atoms with Gasteiger partial charge in [-0.15, -0.1) is 0 Å². The molecule has 2 aromatic rings. The van der Waals surface area contributed by atoms with E-state index in [1.54, 1.807) is 0 Å². The summed E-state index contributed by atoms with van der Waals surface area (Å²) < 4.78 is 5.83. The van der Waals surface area contributed by atoms with Gasteiger partial charge in [0.2, 0.25) is 0 Å². The lowest BCUT2D eigenvalue weighted by Gasteiger charge is -2.15. The fourth-order valence-electron chi connectivity index (χ4n) is 2.04. The Morgan fingerprint density at radius 3 is 2.47 bits per heavy atom. The van der Waals surface area contributed by atoms with Crippen LogP contribution in [0.1, 0.15) is 24.9 Å². The van der Waals surface area contributed by atoms with Crippen LogP contribution in [0.3, 0.4) is 0 Å². The van der Waals surface area contributed by atoms with Gasteiger partial charge in [0.1, 0.15) is 11.5 Å². The van der Waals surface area contributed by atoms with Crippen LogP contribution < -0.4 is 10.1 Å². The number of halogens is 1. The van der Waals surface area contributed by atoms with Crippen LogP contribution in [-0.2, 0) is 0 Å². The molecule has 0 aliphatic carbocycles. The highest BCUT2D eigenvalue weighted by Gasteiger charge is 2.07. The van der Waals surface area contributed by atoms with E-state index in [0.29, 0.717) is 11.1 Å². The molecule has 19 heavy (non-hydrogen) atoms. The Morgan fingerprint density at radius 2 is 1.84 bits per heavy atom. The van der Waals surface area contributed by atoms with Gasteiger partial charge >= 0.3 is 0 Å². The first-order valence-electron chi connectivity index (χ1n) is 6.43. The molecule has 0 aromatic heterocycles. The Bertz CT molecular complexity index is 521. The predicted molar refractivity (Wildman–Crippen MR) is 80.1 cm³/mol. The van der Waals surface area contributed by atoms with Crippen molar-refractivity contribution in [3.63, 3.8) is 0 Å². The average molecular weight is 276 g/mol. The Hall–Kier alpha value is -1.51. The molecule has 0 amide bonds. The first kappa shape index (κ1) is 13.9. The maximum atomic E-state index is 5.86. The van der Waals surface area contributed by atoms with Crippen molar-refractivity contribution in [2.24, 2.45) is 0 Å². The van der Waals surface area contributed by atoms with Gasteiger partial charge in [0, 0.05) is 11.1 Å². The van der Waals surface area contributed by atoms with Crippen LogP contribution in [0.15, 0.2) is 48.5 Å². The van der Waals surface area contributed by atoms with Crippen LogP contribution in [0, 0.1) is 0 Å². The van der Waals surface area contributed by atoms with Crippen molar-refractivity contribution in [1.29, 1.82) is 0 Å². The summed E-state index contributed by atoms with van der Waals surface area (Å²) in [7, 11) is 1.97. The molecule has 1 unspecified atom stereocenters. The average Bonchev–Trinajstić information content (AvgIpc) is 2.43. The fraction of sp³-hybridized carbons (Fsp3) is 0.250. The molecule has 2 rings (SSSR count). The van der Waals surface area contributed by atoms with E-state index in [1.165, 1.54) is 5.56 Å². The summed E-state index contributed by atoms with van der Waals surface area (Å²) in [6.07, 6.45) is 1.04. The molecule has 0 bridgehead atoms. The highest BCUT2D eigenvalue weighted by atomic mass is 35.5. The Kier molecular flexibility index (Phi) is 4.83. The number of benzene rings is 2. The van der Waals surface area contributed by atoms with Crippen LogP contribution >= 0.6 is 11.6 Å². The van der Waals surface area contributed by atoms with Crippen molar-refractivity contribution in [3.8, 4) is 11.5 Å². The molecule has 0 aliphatic rings. The van der Waals surface area contributed by atoms with Crippen molar-refractivity contribution < 1.29 is 4.74 Å². The SMILES string of the molecule is CCC(NC)c1cccc(Oc2ccc(Cl)cc2)c1. The lowest BCUT2D eigenvalue weighted by atomic mass is 10.0. The van der Waals surface area contributed by atoms with E-state index in [-0.39, 0.29) is 0 Å². The summed E-state index contributed by atoms with van der Waals surface area (Å²) in [5.74, 6) is 1.63. The Labute approximate surface area is 119 Å². The molecular formula is C16H18ClNO. The van der Waals surface area contributed by atoms with Crippen molar-refractivity contribution in [3.05, 3.63) is 59.1 Å². The van der Waals surface area contributed by atoms with Gasteiger partial charge in [-0.05, 0) is 55.4 Å². The van der Waals surface area contributed by atoms with Crippen LogP contribution in [0.5, 0.6) is 11.5 Å². The van der Waals surface area contributed by atoms with Crippen molar-refractivity contribution >= 4 is 11.6 Å². The zero-order chi connectivity index (χ0) is 13.7. The highest BCUT2D eigenvalue weighted by Crippen LogP contribution is 2.26. The molecule has 0 fully saturated rings. The molecule has 0 heterocycles. The minimum atomic E-state index is 0.355. The van der Waals surface area contributed by atoms with E-state index in [9.17, 15) is 0 Å². The van der Waals surface area contributed by atoms with E-state index < -0.39 is 0 Å². The molecule has 2 aromatic carbocycles. The van der Waals surface area contributed by atoms with Crippen LogP contribution in [0.2, 0.25) is 5.02 Å². The lowest BCUT2D eigenvalue weighted by molar-refractivity contribution is 0.479. The third-order valence-electron chi connectivity index (χ3n) is 3.07. The van der Waals surface area contributed by atoms with E-state index >= 15 is 0 Å². The zero-order valence-electron chi connectivity index (χ0n) is 11.2. The molecule has 100 valence electrons. The standard InChI is InChI=1S/C16H18ClNO/c1-3-16(18-2)12-5-4-6-15(11-12)19-14-9-7-13(17)8-10-14/h4-11,16,18H,3H2,1-2H3. The van der Waals surface area contributed by atoms with Gasteiger partial charge in [0.15, 0.2) is 0 Å². The van der Waals surface area contributed by atoms with E-state index in [2.05, 4.69) is 24.4 Å². The second-order valence-electron chi connectivity index (χ2n) is 4.38. The van der Waals surface area contributed by atoms with E-state index in [0.717, 1.165) is 17.9 Å². The molecule has 0 aliphatic heterocycles. The maximum Gasteiger partial charge on any atom is 0.127 e. The first-order valence-corrected chi connectivity index (χ1v) is 6.81. The molecule has 0 radical (unpaired) electrons. The summed E-state index contributed by atoms with van der Waals surface area (Å²) in [4.78, 5) is 0. The lowest BCUT2D eigenvalue weighted by Crippen LogP contribution is -2.14. The van der Waals surface area contributed by atoms with Gasteiger partial charge in [-0.2, -0.15) is 0 Å². The zero-order valence-corrected chi connectivity index (χ0v) is 11.9. The smallest absolute Gasteiger partial charge is 0.127 e. The first-order chi connectivity index (χ1) is 9.22. The molecular weight excluding hydrogens is 258 g/mol. The van der Waals surface area contributed by atoms with Crippen LogP contribution in [0.25, 0.3) is 0 Å². The number of hydrogen-bond acceptors (Lipinski definition) is 2. The topological polar surface area (TPSA) is 21.3 Å². The van der Waals surface area contributed by atoms with E-state index in [4.69, 9.17) is 16.3 Å². The van der Waals surface area contributed by atoms with Gasteiger partial charge in [0.25, 0.3) is 0 Å². The van der Waals surface area contributed by atoms with Crippen LogP contribution in [-0.4, -0.2) is 7.05 Å². The third-order valence-corrected chi connectivity index (χ3v) is 3.32. The van der Waals surface area contributed by atoms with Gasteiger partial charge in [-0.1, -0.05) is 30.7 Å². The quantitative estimate of drug-likeness (QED) is 0.846. The van der Waals surface area contributed by atoms with Crippen molar-refractivity contribution in [1.82, 2.24) is 5.32 Å². The second kappa shape index (κ2) is 6.60. The molecule has 0 spiro atoms. The normalized spacial score (nSPS) is 12.2. The van der Waals surface area contributed by atoms with Crippen molar-refractivity contribution in [2.45, 2.75) is 19.4 Å². The monoisotopic (exact) mass is 275 g/mol. The minimum absolute atomic E-state index is 0.355. The van der Waals surface area contributed by atoms with Gasteiger partial charge in [-0.3, -0.25) is 0 Å².